The minimum absolute atomic E-state index is 0.144. The van der Waals surface area contributed by atoms with Gasteiger partial charge in [-0.05, 0) is 30.9 Å². The average Bonchev–Trinajstić information content (AvgIpc) is 2.42. The van der Waals surface area contributed by atoms with Crippen molar-refractivity contribution in [3.8, 4) is 5.75 Å². The molecule has 1 aromatic rings. The molecule has 0 heterocycles. The number of benzene rings is 1. The number of rotatable bonds is 8. The molecule has 5 heteroatoms. The second kappa shape index (κ2) is 8.29. The van der Waals surface area contributed by atoms with Crippen LogP contribution in [0.4, 0.5) is 0 Å². The predicted molar refractivity (Wildman–Crippen MR) is 80.3 cm³/mol. The first kappa shape index (κ1) is 17.0. The van der Waals surface area contributed by atoms with Crippen molar-refractivity contribution in [2.24, 2.45) is 5.92 Å². The van der Waals surface area contributed by atoms with Crippen molar-refractivity contribution in [3.05, 3.63) is 29.8 Å². The maximum absolute atomic E-state index is 11.7. The molecule has 0 bridgehead atoms. The molecule has 1 amide bonds. The highest BCUT2D eigenvalue weighted by molar-refractivity contribution is 5.83. The summed E-state index contributed by atoms with van der Waals surface area (Å²) in [5.41, 5.74) is 1.05. The summed E-state index contributed by atoms with van der Waals surface area (Å²) in [5, 5.41) is 11.5. The van der Waals surface area contributed by atoms with Crippen LogP contribution in [-0.2, 0) is 9.59 Å². The van der Waals surface area contributed by atoms with Gasteiger partial charge in [0.2, 0.25) is 5.91 Å². The molecular formula is C16H23NO4. The van der Waals surface area contributed by atoms with Crippen molar-refractivity contribution in [1.82, 2.24) is 5.32 Å². The predicted octanol–water partition coefficient (Wildman–Crippen LogP) is 2.38. The summed E-state index contributed by atoms with van der Waals surface area (Å²) < 4.78 is 5.59. The van der Waals surface area contributed by atoms with E-state index >= 15 is 0 Å². The quantitative estimate of drug-likeness (QED) is 0.722. The summed E-state index contributed by atoms with van der Waals surface area (Å²) in [5.74, 6) is -0.600. The Morgan fingerprint density at radius 3 is 2.52 bits per heavy atom. The number of aryl methyl sites for hydroxylation is 1. The van der Waals surface area contributed by atoms with Gasteiger partial charge in [-0.2, -0.15) is 0 Å². The number of carboxylic acids is 1. The molecule has 1 rings (SSSR count). The summed E-state index contributed by atoms with van der Waals surface area (Å²) in [7, 11) is 0. The lowest BCUT2D eigenvalue weighted by Gasteiger charge is -2.17. The zero-order valence-corrected chi connectivity index (χ0v) is 12.8. The molecule has 0 spiro atoms. The number of hydrogen-bond donors (Lipinski definition) is 2. The highest BCUT2D eigenvalue weighted by atomic mass is 16.5. The molecule has 0 aromatic heterocycles. The van der Waals surface area contributed by atoms with Gasteiger partial charge in [-0.1, -0.05) is 32.0 Å². The van der Waals surface area contributed by atoms with Gasteiger partial charge in [-0.25, -0.2) is 4.79 Å². The van der Waals surface area contributed by atoms with Crippen LogP contribution in [-0.4, -0.2) is 29.6 Å². The van der Waals surface area contributed by atoms with Gasteiger partial charge >= 0.3 is 5.97 Å². The normalized spacial score (nSPS) is 12.0. The fraction of sp³-hybridized carbons (Fsp3) is 0.500. The largest absolute Gasteiger partial charge is 0.493 e. The van der Waals surface area contributed by atoms with E-state index in [1.165, 1.54) is 0 Å². The molecule has 0 fully saturated rings. The molecule has 116 valence electrons. The van der Waals surface area contributed by atoms with Gasteiger partial charge in [0.1, 0.15) is 11.8 Å². The minimum atomic E-state index is -1.01. The van der Waals surface area contributed by atoms with Crippen LogP contribution in [0.2, 0.25) is 0 Å². The Morgan fingerprint density at radius 2 is 1.95 bits per heavy atom. The van der Waals surface area contributed by atoms with Gasteiger partial charge in [0.15, 0.2) is 0 Å². The van der Waals surface area contributed by atoms with Crippen LogP contribution < -0.4 is 10.1 Å². The van der Waals surface area contributed by atoms with E-state index in [0.717, 1.165) is 11.3 Å². The first-order valence-electron chi connectivity index (χ1n) is 7.12. The van der Waals surface area contributed by atoms with Crippen molar-refractivity contribution in [2.75, 3.05) is 6.61 Å². The third kappa shape index (κ3) is 5.85. The fourth-order valence-electron chi connectivity index (χ4n) is 1.89. The number of ether oxygens (including phenoxy) is 1. The van der Waals surface area contributed by atoms with Crippen LogP contribution in [0, 0.1) is 12.8 Å². The number of carbonyl (C=O) groups is 2. The fourth-order valence-corrected chi connectivity index (χ4v) is 1.89. The molecular weight excluding hydrogens is 270 g/mol. The molecule has 1 atom stereocenters. The topological polar surface area (TPSA) is 75.6 Å². The second-order valence-corrected chi connectivity index (χ2v) is 5.34. The molecule has 21 heavy (non-hydrogen) atoms. The van der Waals surface area contributed by atoms with E-state index in [-0.39, 0.29) is 18.2 Å². The Balaban J connectivity index is 2.31. The zero-order valence-electron chi connectivity index (χ0n) is 12.8. The number of amides is 1. The number of carboxylic acid groups (broad SMARTS) is 1. The maximum atomic E-state index is 11.7. The maximum Gasteiger partial charge on any atom is 0.326 e. The first-order chi connectivity index (χ1) is 9.91. The minimum Gasteiger partial charge on any atom is -0.493 e. The van der Waals surface area contributed by atoms with E-state index in [1.807, 2.05) is 31.2 Å². The van der Waals surface area contributed by atoms with Gasteiger partial charge in [0.05, 0.1) is 6.61 Å². The summed E-state index contributed by atoms with van der Waals surface area (Å²) in [6.07, 6.45) is 0.799. The molecule has 2 N–H and O–H groups in total. The standard InChI is InChI=1S/C16H23NO4/c1-11(2)15(16(19)20)17-14(18)9-6-10-21-13-8-5-4-7-12(13)3/h4-5,7-8,11,15H,6,9-10H2,1-3H3,(H,17,18)(H,19,20). The Labute approximate surface area is 125 Å². The summed E-state index contributed by atoms with van der Waals surface area (Å²) in [6.45, 7) is 5.92. The lowest BCUT2D eigenvalue weighted by atomic mass is 10.0. The van der Waals surface area contributed by atoms with Gasteiger partial charge < -0.3 is 15.2 Å². The molecule has 0 aliphatic rings. The first-order valence-corrected chi connectivity index (χ1v) is 7.12. The number of para-hydroxylation sites is 1. The van der Waals surface area contributed by atoms with Crippen molar-refractivity contribution in [1.29, 1.82) is 0 Å². The molecule has 0 saturated carbocycles. The van der Waals surface area contributed by atoms with Gasteiger partial charge in [0.25, 0.3) is 0 Å². The van der Waals surface area contributed by atoms with Crippen LogP contribution in [0.1, 0.15) is 32.3 Å². The van der Waals surface area contributed by atoms with E-state index in [0.29, 0.717) is 13.0 Å². The van der Waals surface area contributed by atoms with E-state index in [4.69, 9.17) is 9.84 Å². The van der Waals surface area contributed by atoms with E-state index < -0.39 is 12.0 Å². The van der Waals surface area contributed by atoms with Gasteiger partial charge in [-0.3, -0.25) is 4.79 Å². The number of nitrogens with one attached hydrogen (secondary N) is 1. The average molecular weight is 293 g/mol. The lowest BCUT2D eigenvalue weighted by Crippen LogP contribution is -2.44. The molecule has 0 saturated heterocycles. The SMILES string of the molecule is Cc1ccccc1OCCCC(=O)NC(C(=O)O)C(C)C. The van der Waals surface area contributed by atoms with Crippen molar-refractivity contribution in [2.45, 2.75) is 39.7 Å². The highest BCUT2D eigenvalue weighted by Gasteiger charge is 2.22. The molecule has 1 unspecified atom stereocenters. The molecule has 0 radical (unpaired) electrons. The van der Waals surface area contributed by atoms with Gasteiger partial charge in [-0.15, -0.1) is 0 Å². The Hall–Kier alpha value is -2.04. The summed E-state index contributed by atoms with van der Waals surface area (Å²) >= 11 is 0. The molecule has 1 aromatic carbocycles. The number of aliphatic carboxylic acids is 1. The van der Waals surface area contributed by atoms with Crippen molar-refractivity contribution >= 4 is 11.9 Å². The van der Waals surface area contributed by atoms with Crippen molar-refractivity contribution < 1.29 is 19.4 Å². The van der Waals surface area contributed by atoms with E-state index in [2.05, 4.69) is 5.32 Å². The smallest absolute Gasteiger partial charge is 0.326 e. The molecule has 0 aliphatic heterocycles. The van der Waals surface area contributed by atoms with E-state index in [1.54, 1.807) is 13.8 Å². The van der Waals surface area contributed by atoms with Crippen LogP contribution in [0.3, 0.4) is 0 Å². The third-order valence-electron chi connectivity index (χ3n) is 3.15. The number of hydrogen-bond acceptors (Lipinski definition) is 3. The Bertz CT molecular complexity index is 485. The monoisotopic (exact) mass is 293 g/mol. The molecule has 5 nitrogen and oxygen atoms in total. The number of carbonyl (C=O) groups excluding carboxylic acids is 1. The van der Waals surface area contributed by atoms with Crippen LogP contribution in [0.25, 0.3) is 0 Å². The van der Waals surface area contributed by atoms with Gasteiger partial charge in [0, 0.05) is 6.42 Å². The second-order valence-electron chi connectivity index (χ2n) is 5.34. The van der Waals surface area contributed by atoms with Crippen LogP contribution >= 0.6 is 0 Å². The zero-order chi connectivity index (χ0) is 15.8. The van der Waals surface area contributed by atoms with E-state index in [9.17, 15) is 9.59 Å². The Morgan fingerprint density at radius 1 is 1.29 bits per heavy atom. The third-order valence-corrected chi connectivity index (χ3v) is 3.15. The molecule has 0 aliphatic carbocycles. The summed E-state index contributed by atoms with van der Waals surface area (Å²) in [4.78, 5) is 22.7. The van der Waals surface area contributed by atoms with Crippen LogP contribution in [0.5, 0.6) is 5.75 Å². The van der Waals surface area contributed by atoms with Crippen LogP contribution in [0.15, 0.2) is 24.3 Å². The van der Waals surface area contributed by atoms with Crippen molar-refractivity contribution in [3.63, 3.8) is 0 Å². The lowest BCUT2D eigenvalue weighted by molar-refractivity contribution is -0.143. The Kier molecular flexibility index (Phi) is 6.72. The highest BCUT2D eigenvalue weighted by Crippen LogP contribution is 2.16. The summed E-state index contributed by atoms with van der Waals surface area (Å²) in [6, 6.07) is 6.84.